The van der Waals surface area contributed by atoms with Crippen molar-refractivity contribution in [2.75, 3.05) is 4.90 Å². The average Bonchev–Trinajstić information content (AvgIpc) is 3.83. The third kappa shape index (κ3) is 5.73. The molecule has 1 heterocycles. The van der Waals surface area contributed by atoms with Gasteiger partial charge in [0.25, 0.3) is 0 Å². The highest BCUT2D eigenvalue weighted by Crippen LogP contribution is 2.44. The summed E-state index contributed by atoms with van der Waals surface area (Å²) in [5.41, 5.74) is 19.7. The topological polar surface area (TPSA) is 8.17 Å². The van der Waals surface area contributed by atoms with Crippen molar-refractivity contribution in [1.82, 2.24) is 4.57 Å². The zero-order valence-corrected chi connectivity index (χ0v) is 31.4. The SMILES string of the molecule is c1ccc(-c2ccc(N(c3ccc(-c4cccc5c4c4ccccc4n5-c4ccc(-c5ccccc5)cc4)cc3)c3ccc4c(c3)Cc3ccccc3-4)cc2)cc1. The summed E-state index contributed by atoms with van der Waals surface area (Å²) in [6.07, 6.45) is 0.952. The molecule has 0 unspecified atom stereocenters. The van der Waals surface area contributed by atoms with E-state index < -0.39 is 0 Å². The standard InChI is InChI=1S/C55H38N2/c1-3-12-38(13-4-1)40-22-28-45(29-23-40)56(48-34-35-50-44(37-48)36-43-16-7-8-17-49(43)50)46-32-26-42(27-33-46)51-19-11-21-54-55(51)52-18-9-10-20-53(52)57(54)47-30-24-41(25-31-47)39-14-5-2-6-15-39/h1-35,37H,36H2. The van der Waals surface area contributed by atoms with Crippen molar-refractivity contribution in [3.63, 3.8) is 0 Å². The van der Waals surface area contributed by atoms with Crippen molar-refractivity contribution < 1.29 is 0 Å². The van der Waals surface area contributed by atoms with Crippen molar-refractivity contribution >= 4 is 38.9 Å². The number of fused-ring (bicyclic) bond motifs is 6. The number of aromatic nitrogens is 1. The van der Waals surface area contributed by atoms with Gasteiger partial charge in [-0.3, -0.25) is 0 Å². The van der Waals surface area contributed by atoms with E-state index in [2.05, 4.69) is 228 Å². The van der Waals surface area contributed by atoms with E-state index in [-0.39, 0.29) is 0 Å². The van der Waals surface area contributed by atoms with E-state index in [1.807, 2.05) is 0 Å². The van der Waals surface area contributed by atoms with Crippen LogP contribution in [0.25, 0.3) is 72.0 Å². The quantitative estimate of drug-likeness (QED) is 0.159. The van der Waals surface area contributed by atoms with E-state index in [4.69, 9.17) is 0 Å². The van der Waals surface area contributed by atoms with Crippen LogP contribution in [0.3, 0.4) is 0 Å². The summed E-state index contributed by atoms with van der Waals surface area (Å²) < 4.78 is 2.41. The fourth-order valence-corrected chi connectivity index (χ4v) is 8.91. The van der Waals surface area contributed by atoms with Crippen LogP contribution in [-0.4, -0.2) is 4.57 Å². The Morgan fingerprint density at radius 1 is 0.333 bits per heavy atom. The van der Waals surface area contributed by atoms with E-state index in [1.54, 1.807) is 0 Å². The van der Waals surface area contributed by atoms with E-state index >= 15 is 0 Å². The predicted molar refractivity (Wildman–Crippen MR) is 240 cm³/mol. The summed E-state index contributed by atoms with van der Waals surface area (Å²) >= 11 is 0. The summed E-state index contributed by atoms with van der Waals surface area (Å²) in [5, 5.41) is 2.51. The maximum Gasteiger partial charge on any atom is 0.0547 e. The minimum absolute atomic E-state index is 0.952. The van der Waals surface area contributed by atoms with Crippen molar-refractivity contribution in [2.45, 2.75) is 6.42 Å². The van der Waals surface area contributed by atoms with Gasteiger partial charge in [-0.15, -0.1) is 0 Å². The maximum atomic E-state index is 2.41. The molecular formula is C55H38N2. The van der Waals surface area contributed by atoms with Gasteiger partial charge in [0.2, 0.25) is 0 Å². The molecule has 0 atom stereocenters. The highest BCUT2D eigenvalue weighted by Gasteiger charge is 2.22. The zero-order chi connectivity index (χ0) is 37.7. The molecule has 57 heavy (non-hydrogen) atoms. The van der Waals surface area contributed by atoms with E-state index in [1.165, 1.54) is 77.4 Å². The Kier molecular flexibility index (Phi) is 7.93. The van der Waals surface area contributed by atoms with Gasteiger partial charge in [-0.2, -0.15) is 0 Å². The van der Waals surface area contributed by atoms with Crippen molar-refractivity contribution in [3.8, 4) is 50.2 Å². The maximum absolute atomic E-state index is 2.41. The fourth-order valence-electron chi connectivity index (χ4n) is 8.91. The first-order chi connectivity index (χ1) is 28.3. The molecule has 1 aliphatic carbocycles. The molecule has 0 saturated heterocycles. The molecule has 268 valence electrons. The number of anilines is 3. The van der Waals surface area contributed by atoms with Crippen LogP contribution in [0.5, 0.6) is 0 Å². The Bertz CT molecular complexity index is 3050. The van der Waals surface area contributed by atoms with Gasteiger partial charge < -0.3 is 9.47 Å². The van der Waals surface area contributed by atoms with Gasteiger partial charge >= 0.3 is 0 Å². The zero-order valence-electron chi connectivity index (χ0n) is 31.4. The Labute approximate surface area is 333 Å². The summed E-state index contributed by atoms with van der Waals surface area (Å²) in [7, 11) is 0. The predicted octanol–water partition coefficient (Wildman–Crippen LogP) is 14.8. The normalized spacial score (nSPS) is 11.8. The molecule has 0 fully saturated rings. The molecule has 1 aromatic heterocycles. The highest BCUT2D eigenvalue weighted by molar-refractivity contribution is 6.15. The molecule has 0 amide bonds. The van der Waals surface area contributed by atoms with Crippen molar-refractivity contribution in [2.24, 2.45) is 0 Å². The van der Waals surface area contributed by atoms with Crippen LogP contribution >= 0.6 is 0 Å². The molecule has 0 spiro atoms. The van der Waals surface area contributed by atoms with Crippen LogP contribution in [0, 0.1) is 0 Å². The lowest BCUT2D eigenvalue weighted by Gasteiger charge is -2.26. The number of para-hydroxylation sites is 1. The van der Waals surface area contributed by atoms with Crippen LogP contribution in [0.4, 0.5) is 17.1 Å². The average molecular weight is 727 g/mol. The molecule has 9 aromatic carbocycles. The first kappa shape index (κ1) is 33.0. The van der Waals surface area contributed by atoms with E-state index in [0.29, 0.717) is 0 Å². The Morgan fingerprint density at radius 2 is 0.842 bits per heavy atom. The molecule has 11 rings (SSSR count). The van der Waals surface area contributed by atoms with Gasteiger partial charge in [0.15, 0.2) is 0 Å². The summed E-state index contributed by atoms with van der Waals surface area (Å²) in [6.45, 7) is 0. The second-order valence-corrected chi connectivity index (χ2v) is 14.9. The van der Waals surface area contributed by atoms with Gasteiger partial charge in [0, 0.05) is 33.5 Å². The summed E-state index contributed by atoms with van der Waals surface area (Å²) in [5.74, 6) is 0. The second-order valence-electron chi connectivity index (χ2n) is 14.9. The summed E-state index contributed by atoms with van der Waals surface area (Å²) in [4.78, 5) is 2.40. The molecule has 0 radical (unpaired) electrons. The Hall–Kier alpha value is -7.42. The van der Waals surface area contributed by atoms with Crippen LogP contribution in [0.15, 0.2) is 218 Å². The Morgan fingerprint density at radius 3 is 1.54 bits per heavy atom. The van der Waals surface area contributed by atoms with Gasteiger partial charge in [0.05, 0.1) is 11.0 Å². The molecule has 0 bridgehead atoms. The summed E-state index contributed by atoms with van der Waals surface area (Å²) in [6, 6.07) is 79.5. The molecule has 0 saturated carbocycles. The van der Waals surface area contributed by atoms with Crippen molar-refractivity contribution in [1.29, 1.82) is 0 Å². The largest absolute Gasteiger partial charge is 0.310 e. The van der Waals surface area contributed by atoms with Gasteiger partial charge in [-0.1, -0.05) is 158 Å². The molecular weight excluding hydrogens is 689 g/mol. The minimum Gasteiger partial charge on any atom is -0.310 e. The smallest absolute Gasteiger partial charge is 0.0547 e. The van der Waals surface area contributed by atoms with Gasteiger partial charge in [-0.25, -0.2) is 0 Å². The highest BCUT2D eigenvalue weighted by atomic mass is 15.1. The Balaban J connectivity index is 1.00. The van der Waals surface area contributed by atoms with Gasteiger partial charge in [0.1, 0.15) is 0 Å². The van der Waals surface area contributed by atoms with Crippen molar-refractivity contribution in [3.05, 3.63) is 230 Å². The van der Waals surface area contributed by atoms with E-state index in [9.17, 15) is 0 Å². The molecule has 10 aromatic rings. The van der Waals surface area contributed by atoms with Crippen LogP contribution < -0.4 is 4.90 Å². The number of hydrogen-bond donors (Lipinski definition) is 0. The molecule has 2 nitrogen and oxygen atoms in total. The lowest BCUT2D eigenvalue weighted by molar-refractivity contribution is 1.18. The second kappa shape index (κ2) is 13.7. The lowest BCUT2D eigenvalue weighted by Crippen LogP contribution is -2.10. The lowest BCUT2D eigenvalue weighted by atomic mass is 9.98. The van der Waals surface area contributed by atoms with Crippen LogP contribution in [0.2, 0.25) is 0 Å². The number of nitrogens with zero attached hydrogens (tertiary/aromatic N) is 2. The molecule has 0 N–H and O–H groups in total. The molecule has 0 aliphatic heterocycles. The molecule has 1 aliphatic rings. The minimum atomic E-state index is 0.952. The monoisotopic (exact) mass is 726 g/mol. The third-order valence-electron chi connectivity index (χ3n) is 11.6. The fraction of sp³-hybridized carbons (Fsp3) is 0.0182. The first-order valence-electron chi connectivity index (χ1n) is 19.7. The van der Waals surface area contributed by atoms with Gasteiger partial charge in [-0.05, 0) is 123 Å². The van der Waals surface area contributed by atoms with Crippen LogP contribution in [-0.2, 0) is 6.42 Å². The number of hydrogen-bond acceptors (Lipinski definition) is 1. The number of benzene rings is 9. The van der Waals surface area contributed by atoms with E-state index in [0.717, 1.165) is 29.2 Å². The molecule has 2 heteroatoms. The number of rotatable bonds is 7. The van der Waals surface area contributed by atoms with Crippen LogP contribution in [0.1, 0.15) is 11.1 Å². The third-order valence-corrected chi connectivity index (χ3v) is 11.6. The first-order valence-corrected chi connectivity index (χ1v) is 19.7.